The molecule has 49 heavy (non-hydrogen) atoms. The number of hydrogen-bond donors (Lipinski definition) is 6. The van der Waals surface area contributed by atoms with Crippen molar-refractivity contribution in [1.29, 1.82) is 0 Å². The molecule has 15 nitrogen and oxygen atoms in total. The summed E-state index contributed by atoms with van der Waals surface area (Å²) >= 11 is 0. The van der Waals surface area contributed by atoms with Crippen molar-refractivity contribution in [3.05, 3.63) is 11.6 Å². The summed E-state index contributed by atoms with van der Waals surface area (Å²) in [7, 11) is 1.66. The van der Waals surface area contributed by atoms with Gasteiger partial charge in [-0.3, -0.25) is 19.2 Å². The van der Waals surface area contributed by atoms with Gasteiger partial charge in [0, 0.05) is 19.2 Å². The monoisotopic (exact) mass is 692 g/mol. The van der Waals surface area contributed by atoms with Gasteiger partial charge in [-0.05, 0) is 71.6 Å². The van der Waals surface area contributed by atoms with Gasteiger partial charge in [0.05, 0.1) is 44.3 Å². The molecule has 4 unspecified atom stereocenters. The topological polar surface area (TPSA) is 215 Å². The number of methoxy groups -OCH3 is 1. The summed E-state index contributed by atoms with van der Waals surface area (Å²) < 4.78 is 24.2. The van der Waals surface area contributed by atoms with Crippen molar-refractivity contribution in [1.82, 2.24) is 26.8 Å². The third-order valence-corrected chi connectivity index (χ3v) is 10.3. The maximum absolute atomic E-state index is 13.1. The second-order valence-corrected chi connectivity index (χ2v) is 14.6. The van der Waals surface area contributed by atoms with E-state index in [9.17, 15) is 24.0 Å². The van der Waals surface area contributed by atoms with E-state index in [2.05, 4.69) is 53.6 Å². The Morgan fingerprint density at radius 2 is 1.63 bits per heavy atom. The maximum atomic E-state index is 13.1. The van der Waals surface area contributed by atoms with E-state index in [0.717, 1.165) is 12.8 Å². The number of Topliss-reactive ketones (excluding diaryl/α,β-unsaturated/α-hetero) is 2. The first-order valence-corrected chi connectivity index (χ1v) is 17.5. The summed E-state index contributed by atoms with van der Waals surface area (Å²) in [5, 5.41) is 8.29. The van der Waals surface area contributed by atoms with Crippen LogP contribution in [-0.4, -0.2) is 110 Å². The molecule has 0 aromatic carbocycles. The van der Waals surface area contributed by atoms with Gasteiger partial charge in [0.1, 0.15) is 23.4 Å². The predicted octanol–water partition coefficient (Wildman–Crippen LogP) is 0.548. The zero-order valence-corrected chi connectivity index (χ0v) is 29.7. The summed E-state index contributed by atoms with van der Waals surface area (Å²) in [5.74, 6) is -2.58. The van der Waals surface area contributed by atoms with E-state index in [0.29, 0.717) is 38.7 Å². The number of hydrazine groups is 1. The molecule has 1 spiro atoms. The minimum absolute atomic E-state index is 0.0502. The lowest BCUT2D eigenvalue weighted by molar-refractivity contribution is -0.138. The Morgan fingerprint density at radius 1 is 0.980 bits per heavy atom. The molecule has 15 heteroatoms. The Balaban J connectivity index is 1.17. The van der Waals surface area contributed by atoms with Gasteiger partial charge in [0.25, 0.3) is 0 Å². The summed E-state index contributed by atoms with van der Waals surface area (Å²) in [5.41, 5.74) is 11.3. The zero-order valence-electron chi connectivity index (χ0n) is 29.7. The summed E-state index contributed by atoms with van der Waals surface area (Å²) in [6, 6.07) is -1.03. The molecule has 2 saturated carbocycles. The second-order valence-electron chi connectivity index (χ2n) is 14.6. The number of carbonyl (C=O) groups is 5. The molecule has 7 atom stereocenters. The normalized spacial score (nSPS) is 32.5. The summed E-state index contributed by atoms with van der Waals surface area (Å²) in [4.78, 5) is 61.8. The molecule has 4 fully saturated rings. The number of ether oxygens (including phenoxy) is 4. The van der Waals surface area contributed by atoms with Gasteiger partial charge >= 0.3 is 6.09 Å². The van der Waals surface area contributed by atoms with Crippen LogP contribution in [0, 0.1) is 11.8 Å². The fourth-order valence-electron chi connectivity index (χ4n) is 7.36. The Hall–Kier alpha value is -2.95. The molecule has 2 heterocycles. The molecule has 4 aliphatic rings. The molecule has 2 saturated heterocycles. The molecular formula is C34H56N6O9. The first-order valence-electron chi connectivity index (χ1n) is 17.5. The summed E-state index contributed by atoms with van der Waals surface area (Å²) in [6.07, 6.45) is 5.96. The van der Waals surface area contributed by atoms with E-state index in [1.54, 1.807) is 21.0 Å². The Kier molecular flexibility index (Phi) is 13.3. The number of hydrogen-bond acceptors (Lipinski definition) is 12. The SMILES string of the molecule is COC1C(OC(=O)NC2CCC(NC(=O)CNN[C@H](C(=O)C(=O)CNC(=O)CN)C(C)C)CC2)CC[C@]2(CO2)C1C1(C)O[C@@H]1CC=C(C)C. The maximum Gasteiger partial charge on any atom is 0.407 e. The number of alkyl carbamates (subject to hydrolysis) is 1. The van der Waals surface area contributed by atoms with Crippen molar-refractivity contribution in [2.75, 3.05) is 33.4 Å². The highest BCUT2D eigenvalue weighted by Gasteiger charge is 2.72. The first-order chi connectivity index (χ1) is 23.2. The average Bonchev–Trinajstić information content (AvgIpc) is 3.98. The summed E-state index contributed by atoms with van der Waals surface area (Å²) in [6.45, 7) is 9.61. The molecule has 0 aromatic heterocycles. The number of epoxide rings is 2. The molecule has 0 bridgehead atoms. The highest BCUT2D eigenvalue weighted by atomic mass is 16.6. The van der Waals surface area contributed by atoms with Crippen LogP contribution in [0.5, 0.6) is 0 Å². The second kappa shape index (κ2) is 16.8. The third kappa shape index (κ3) is 10.1. The lowest BCUT2D eigenvalue weighted by atomic mass is 9.68. The van der Waals surface area contributed by atoms with Crippen molar-refractivity contribution in [3.63, 3.8) is 0 Å². The van der Waals surface area contributed by atoms with Gasteiger partial charge in [-0.15, -0.1) is 0 Å². The van der Waals surface area contributed by atoms with Crippen molar-refractivity contribution < 1.29 is 42.9 Å². The van der Waals surface area contributed by atoms with Gasteiger partial charge in [0.15, 0.2) is 0 Å². The van der Waals surface area contributed by atoms with Gasteiger partial charge < -0.3 is 40.6 Å². The van der Waals surface area contributed by atoms with Gasteiger partial charge in [-0.25, -0.2) is 15.6 Å². The molecular weight excluding hydrogens is 636 g/mol. The predicted molar refractivity (Wildman–Crippen MR) is 179 cm³/mol. The lowest BCUT2D eigenvalue weighted by Gasteiger charge is -2.42. The smallest absolute Gasteiger partial charge is 0.407 e. The van der Waals surface area contributed by atoms with Crippen LogP contribution in [0.25, 0.3) is 0 Å². The fourth-order valence-corrected chi connectivity index (χ4v) is 7.36. The number of allylic oxidation sites excluding steroid dienone is 1. The third-order valence-electron chi connectivity index (χ3n) is 10.3. The zero-order chi connectivity index (χ0) is 35.9. The van der Waals surface area contributed by atoms with Crippen LogP contribution in [0.3, 0.4) is 0 Å². The highest BCUT2D eigenvalue weighted by Crippen LogP contribution is 2.59. The molecule has 2 aliphatic heterocycles. The van der Waals surface area contributed by atoms with Gasteiger partial charge in [-0.1, -0.05) is 25.5 Å². The number of rotatable bonds is 17. The lowest BCUT2D eigenvalue weighted by Crippen LogP contribution is -2.56. The molecule has 0 radical (unpaired) electrons. The number of nitrogens with one attached hydrogen (secondary N) is 5. The van der Waals surface area contributed by atoms with Crippen LogP contribution in [0.2, 0.25) is 0 Å². The van der Waals surface area contributed by atoms with Gasteiger partial charge in [0.2, 0.25) is 23.4 Å². The molecule has 3 amide bonds. The Labute approximate surface area is 288 Å². The van der Waals surface area contributed by atoms with Crippen molar-refractivity contribution in [2.45, 2.75) is 127 Å². The van der Waals surface area contributed by atoms with Crippen LogP contribution < -0.4 is 32.5 Å². The Bertz CT molecular complexity index is 1240. The van der Waals surface area contributed by atoms with E-state index in [-0.39, 0.29) is 60.7 Å². The highest BCUT2D eigenvalue weighted by molar-refractivity contribution is 6.40. The van der Waals surface area contributed by atoms with Crippen LogP contribution in [-0.2, 0) is 38.1 Å². The molecule has 4 rings (SSSR count). The van der Waals surface area contributed by atoms with Crippen LogP contribution in [0.1, 0.15) is 79.6 Å². The molecule has 2 aliphatic carbocycles. The number of nitrogens with two attached hydrogens (primary N) is 1. The molecule has 0 aromatic rings. The quantitative estimate of drug-likeness (QED) is 0.0534. The van der Waals surface area contributed by atoms with Crippen LogP contribution in [0.15, 0.2) is 11.6 Å². The first kappa shape index (κ1) is 38.8. The Morgan fingerprint density at radius 3 is 2.20 bits per heavy atom. The average molecular weight is 693 g/mol. The largest absolute Gasteiger partial charge is 0.443 e. The van der Waals surface area contributed by atoms with E-state index >= 15 is 0 Å². The van der Waals surface area contributed by atoms with E-state index in [1.807, 2.05) is 0 Å². The van der Waals surface area contributed by atoms with E-state index in [1.165, 1.54) is 5.57 Å². The van der Waals surface area contributed by atoms with Crippen molar-refractivity contribution in [2.24, 2.45) is 17.6 Å². The van der Waals surface area contributed by atoms with Crippen molar-refractivity contribution in [3.8, 4) is 0 Å². The molecule has 276 valence electrons. The fraction of sp³-hybridized carbons (Fsp3) is 0.794. The van der Waals surface area contributed by atoms with Gasteiger partial charge in [-0.2, -0.15) is 0 Å². The van der Waals surface area contributed by atoms with Crippen molar-refractivity contribution >= 4 is 29.5 Å². The van der Waals surface area contributed by atoms with E-state index in [4.69, 9.17) is 24.7 Å². The van der Waals surface area contributed by atoms with Crippen LogP contribution >= 0.6 is 0 Å². The number of amides is 3. The number of carbonyl (C=O) groups excluding carboxylic acids is 5. The van der Waals surface area contributed by atoms with E-state index < -0.39 is 47.9 Å². The standard InChI is InChI=1S/C34H56N6O9/c1-19(2)7-12-25-33(5,49-25)31-30(46-6)24(13-14-34(31)18-47-34)48-32(45)39-22-10-8-21(9-11-22)38-27(43)17-37-40-28(20(3)4)29(44)23(41)16-36-26(42)15-35/h7,20-22,24-25,28,30-31,37,40H,8-18,35H2,1-6H3,(H,36,42)(H,38,43)(H,39,45)/t21?,22?,24?,25-,28+,30?,31?,33?,34+/m1/s1. The number of ketones is 2. The minimum Gasteiger partial charge on any atom is -0.443 e. The minimum atomic E-state index is -0.882. The molecule has 7 N–H and O–H groups in total. The van der Waals surface area contributed by atoms with Crippen LogP contribution in [0.4, 0.5) is 4.79 Å².